The molecule has 0 amide bonds. The fourth-order valence-corrected chi connectivity index (χ4v) is 3.21. The molecule has 0 atom stereocenters. The number of rotatable bonds is 5. The highest BCUT2D eigenvalue weighted by molar-refractivity contribution is 7.13. The number of aromatic nitrogens is 2. The topological polar surface area (TPSA) is 44.3 Å². The molecule has 3 heterocycles. The summed E-state index contributed by atoms with van der Waals surface area (Å²) in [5, 5.41) is 6.52. The van der Waals surface area contributed by atoms with E-state index in [0.29, 0.717) is 0 Å². The Morgan fingerprint density at radius 1 is 1.14 bits per heavy atom. The highest BCUT2D eigenvalue weighted by Crippen LogP contribution is 2.21. The summed E-state index contributed by atoms with van der Waals surface area (Å²) in [5.74, 6) is 1.09. The Morgan fingerprint density at radius 2 is 1.95 bits per heavy atom. The number of hydrogen-bond acceptors (Lipinski definition) is 6. The van der Waals surface area contributed by atoms with Crippen LogP contribution in [-0.4, -0.2) is 42.7 Å². The number of anilines is 2. The van der Waals surface area contributed by atoms with Gasteiger partial charge in [-0.15, -0.1) is 11.3 Å². The zero-order valence-corrected chi connectivity index (χ0v) is 13.1. The molecule has 1 aliphatic rings. The molecule has 0 unspecified atom stereocenters. The van der Waals surface area contributed by atoms with Crippen LogP contribution in [0.15, 0.2) is 29.9 Å². The molecule has 0 spiro atoms. The summed E-state index contributed by atoms with van der Waals surface area (Å²) in [4.78, 5) is 13.6. The Morgan fingerprint density at radius 3 is 2.67 bits per heavy atom. The smallest absolute Gasteiger partial charge is 0.185 e. The maximum atomic E-state index is 4.53. The molecular weight excluding hydrogens is 282 g/mol. The number of thiazole rings is 1. The van der Waals surface area contributed by atoms with Gasteiger partial charge in [0.05, 0.1) is 0 Å². The van der Waals surface area contributed by atoms with Gasteiger partial charge in [0.1, 0.15) is 5.82 Å². The molecule has 0 radical (unpaired) electrons. The zero-order valence-electron chi connectivity index (χ0n) is 12.3. The van der Waals surface area contributed by atoms with Gasteiger partial charge in [-0.1, -0.05) is 6.92 Å². The van der Waals surface area contributed by atoms with Crippen molar-refractivity contribution < 1.29 is 0 Å². The van der Waals surface area contributed by atoms with Crippen molar-refractivity contribution in [2.24, 2.45) is 0 Å². The standard InChI is InChI=1S/C15H21N5S/c1-2-16-12-13-3-4-17-14(11-13)19-6-8-20(9-7-19)15-18-5-10-21-15/h3-5,10-11,16H,2,6-9,12H2,1H3. The van der Waals surface area contributed by atoms with Crippen molar-refractivity contribution in [2.45, 2.75) is 13.5 Å². The summed E-state index contributed by atoms with van der Waals surface area (Å²) in [5.41, 5.74) is 1.30. The Labute approximate surface area is 129 Å². The third-order valence-electron chi connectivity index (χ3n) is 3.68. The van der Waals surface area contributed by atoms with Gasteiger partial charge in [-0.3, -0.25) is 0 Å². The van der Waals surface area contributed by atoms with E-state index in [4.69, 9.17) is 0 Å². The molecule has 2 aromatic rings. The van der Waals surface area contributed by atoms with Crippen LogP contribution in [-0.2, 0) is 6.54 Å². The average molecular weight is 303 g/mol. The van der Waals surface area contributed by atoms with E-state index in [9.17, 15) is 0 Å². The lowest BCUT2D eigenvalue weighted by Crippen LogP contribution is -2.46. The summed E-state index contributed by atoms with van der Waals surface area (Å²) in [6, 6.07) is 4.28. The van der Waals surface area contributed by atoms with Crippen LogP contribution < -0.4 is 15.1 Å². The molecule has 21 heavy (non-hydrogen) atoms. The van der Waals surface area contributed by atoms with Crippen LogP contribution in [0.2, 0.25) is 0 Å². The van der Waals surface area contributed by atoms with E-state index in [1.807, 2.05) is 17.8 Å². The van der Waals surface area contributed by atoms with Crippen molar-refractivity contribution in [2.75, 3.05) is 42.5 Å². The minimum absolute atomic E-state index is 0.908. The van der Waals surface area contributed by atoms with Crippen LogP contribution >= 0.6 is 11.3 Å². The normalized spacial score (nSPS) is 15.5. The minimum Gasteiger partial charge on any atom is -0.353 e. The van der Waals surface area contributed by atoms with Gasteiger partial charge in [-0.05, 0) is 24.2 Å². The van der Waals surface area contributed by atoms with Gasteiger partial charge in [0.25, 0.3) is 0 Å². The van der Waals surface area contributed by atoms with E-state index in [0.717, 1.165) is 50.2 Å². The van der Waals surface area contributed by atoms with Crippen LogP contribution in [0, 0.1) is 0 Å². The van der Waals surface area contributed by atoms with Crippen LogP contribution in [0.5, 0.6) is 0 Å². The van der Waals surface area contributed by atoms with Crippen LogP contribution in [0.4, 0.5) is 10.9 Å². The first-order valence-electron chi connectivity index (χ1n) is 7.42. The molecule has 112 valence electrons. The maximum absolute atomic E-state index is 4.53. The molecule has 1 fully saturated rings. The van der Waals surface area contributed by atoms with Gasteiger partial charge in [0.2, 0.25) is 0 Å². The molecular formula is C15H21N5S. The molecule has 3 rings (SSSR count). The number of piperazine rings is 1. The Kier molecular flexibility index (Phi) is 4.67. The molecule has 0 aromatic carbocycles. The van der Waals surface area contributed by atoms with E-state index >= 15 is 0 Å². The molecule has 0 saturated carbocycles. The first-order chi connectivity index (χ1) is 10.4. The largest absolute Gasteiger partial charge is 0.353 e. The average Bonchev–Trinajstić information content (AvgIpc) is 3.08. The SMILES string of the molecule is CCNCc1ccnc(N2CCN(c3nccs3)CC2)c1. The second kappa shape index (κ2) is 6.87. The quantitative estimate of drug-likeness (QED) is 0.915. The van der Waals surface area contributed by atoms with Crippen molar-refractivity contribution in [1.29, 1.82) is 0 Å². The lowest BCUT2D eigenvalue weighted by atomic mass is 10.2. The molecule has 0 bridgehead atoms. The lowest BCUT2D eigenvalue weighted by molar-refractivity contribution is 0.645. The molecule has 2 aromatic heterocycles. The summed E-state index contributed by atoms with van der Waals surface area (Å²) in [6.07, 6.45) is 3.79. The van der Waals surface area contributed by atoms with Crippen LogP contribution in [0.3, 0.4) is 0 Å². The van der Waals surface area contributed by atoms with Crippen molar-refractivity contribution in [3.63, 3.8) is 0 Å². The highest BCUT2D eigenvalue weighted by Gasteiger charge is 2.19. The molecule has 1 aliphatic heterocycles. The predicted molar refractivity (Wildman–Crippen MR) is 88.2 cm³/mol. The number of pyridine rings is 1. The van der Waals surface area contributed by atoms with E-state index < -0.39 is 0 Å². The summed E-state index contributed by atoms with van der Waals surface area (Å²) < 4.78 is 0. The second-order valence-corrected chi connectivity index (χ2v) is 5.96. The number of hydrogen-bond donors (Lipinski definition) is 1. The Bertz CT molecular complexity index is 549. The van der Waals surface area contributed by atoms with Crippen molar-refractivity contribution in [3.8, 4) is 0 Å². The summed E-state index contributed by atoms with van der Waals surface area (Å²) in [6.45, 7) is 8.03. The van der Waals surface area contributed by atoms with E-state index in [2.05, 4.69) is 44.1 Å². The molecule has 6 heteroatoms. The second-order valence-electron chi connectivity index (χ2n) is 5.09. The highest BCUT2D eigenvalue weighted by atomic mass is 32.1. The van der Waals surface area contributed by atoms with Crippen molar-refractivity contribution in [1.82, 2.24) is 15.3 Å². The Balaban J connectivity index is 1.61. The third kappa shape index (κ3) is 3.51. The first kappa shape index (κ1) is 14.3. The van der Waals surface area contributed by atoms with Crippen molar-refractivity contribution in [3.05, 3.63) is 35.5 Å². The van der Waals surface area contributed by atoms with Gasteiger partial charge in [-0.25, -0.2) is 9.97 Å². The molecule has 1 saturated heterocycles. The van der Waals surface area contributed by atoms with Gasteiger partial charge >= 0.3 is 0 Å². The first-order valence-corrected chi connectivity index (χ1v) is 8.30. The van der Waals surface area contributed by atoms with Crippen LogP contribution in [0.1, 0.15) is 12.5 Å². The number of nitrogens with zero attached hydrogens (tertiary/aromatic N) is 4. The molecule has 1 N–H and O–H groups in total. The fraction of sp³-hybridized carbons (Fsp3) is 0.467. The minimum atomic E-state index is 0.908. The summed E-state index contributed by atoms with van der Waals surface area (Å²) >= 11 is 1.71. The summed E-state index contributed by atoms with van der Waals surface area (Å²) in [7, 11) is 0. The maximum Gasteiger partial charge on any atom is 0.185 e. The monoisotopic (exact) mass is 303 g/mol. The van der Waals surface area contributed by atoms with Crippen LogP contribution in [0.25, 0.3) is 0 Å². The Hall–Kier alpha value is -1.66. The van der Waals surface area contributed by atoms with Gasteiger partial charge in [0.15, 0.2) is 5.13 Å². The fourth-order valence-electron chi connectivity index (χ4n) is 2.51. The van der Waals surface area contributed by atoms with E-state index in [1.165, 1.54) is 5.56 Å². The van der Waals surface area contributed by atoms with E-state index in [1.54, 1.807) is 11.3 Å². The lowest BCUT2D eigenvalue weighted by Gasteiger charge is -2.35. The number of nitrogens with one attached hydrogen (secondary N) is 1. The van der Waals surface area contributed by atoms with Gasteiger partial charge in [-0.2, -0.15) is 0 Å². The predicted octanol–water partition coefficient (Wildman–Crippen LogP) is 1.97. The molecule has 0 aliphatic carbocycles. The van der Waals surface area contributed by atoms with E-state index in [-0.39, 0.29) is 0 Å². The zero-order chi connectivity index (χ0) is 14.5. The molecule has 5 nitrogen and oxygen atoms in total. The van der Waals surface area contributed by atoms with Gasteiger partial charge in [0, 0.05) is 50.5 Å². The third-order valence-corrected chi connectivity index (χ3v) is 4.51. The van der Waals surface area contributed by atoms with Gasteiger partial charge < -0.3 is 15.1 Å². The van der Waals surface area contributed by atoms with Crippen molar-refractivity contribution >= 4 is 22.3 Å².